The number of benzene rings is 2. The van der Waals surface area contributed by atoms with Gasteiger partial charge in [0.1, 0.15) is 29.9 Å². The zero-order chi connectivity index (χ0) is 30.4. The SMILES string of the molecule is NC(N)=NCCCC(NC(=O)C(Cc1ccccc1)NC(=O)C(N)CO)C(=O)NC(Cc1ccc(O)cc1)C(=O)O. The van der Waals surface area contributed by atoms with E-state index in [2.05, 4.69) is 20.9 Å². The van der Waals surface area contributed by atoms with Gasteiger partial charge in [0.05, 0.1) is 6.61 Å². The summed E-state index contributed by atoms with van der Waals surface area (Å²) >= 11 is 0. The highest BCUT2D eigenvalue weighted by atomic mass is 16.4. The molecule has 0 heterocycles. The predicted octanol–water partition coefficient (Wildman–Crippen LogP) is -1.91. The summed E-state index contributed by atoms with van der Waals surface area (Å²) in [7, 11) is 0. The fourth-order valence-electron chi connectivity index (χ4n) is 3.81. The topological polar surface area (TPSA) is 255 Å². The average molecular weight is 572 g/mol. The highest BCUT2D eigenvalue weighted by Gasteiger charge is 2.30. The van der Waals surface area contributed by atoms with E-state index >= 15 is 0 Å². The minimum atomic E-state index is -1.34. The van der Waals surface area contributed by atoms with Gasteiger partial charge in [0.25, 0.3) is 0 Å². The molecule has 2 rings (SSSR count). The quantitative estimate of drug-likeness (QED) is 0.0613. The van der Waals surface area contributed by atoms with Crippen molar-refractivity contribution in [2.24, 2.45) is 22.2 Å². The van der Waals surface area contributed by atoms with Gasteiger partial charge in [-0.15, -0.1) is 0 Å². The van der Waals surface area contributed by atoms with Crippen molar-refractivity contribution in [3.05, 3.63) is 65.7 Å². The van der Waals surface area contributed by atoms with Crippen LogP contribution in [0.15, 0.2) is 59.6 Å². The van der Waals surface area contributed by atoms with Gasteiger partial charge in [-0.25, -0.2) is 4.79 Å². The number of carboxylic acid groups (broad SMARTS) is 1. The average Bonchev–Trinajstić information content (AvgIpc) is 2.94. The van der Waals surface area contributed by atoms with Crippen LogP contribution in [0.2, 0.25) is 0 Å². The molecule has 4 unspecified atom stereocenters. The fraction of sp³-hybridized carbons (Fsp3) is 0.370. The van der Waals surface area contributed by atoms with Gasteiger partial charge in [-0.2, -0.15) is 0 Å². The van der Waals surface area contributed by atoms with Crippen molar-refractivity contribution in [2.75, 3.05) is 13.2 Å². The zero-order valence-corrected chi connectivity index (χ0v) is 22.4. The summed E-state index contributed by atoms with van der Waals surface area (Å²) in [5.41, 5.74) is 17.6. The monoisotopic (exact) mass is 571 g/mol. The lowest BCUT2D eigenvalue weighted by atomic mass is 10.0. The largest absolute Gasteiger partial charge is 0.508 e. The number of nitrogens with one attached hydrogen (secondary N) is 3. The first-order chi connectivity index (χ1) is 19.5. The van der Waals surface area contributed by atoms with Crippen molar-refractivity contribution in [1.82, 2.24) is 16.0 Å². The molecule has 0 bridgehead atoms. The van der Waals surface area contributed by atoms with Crippen molar-refractivity contribution in [1.29, 1.82) is 0 Å². The molecular formula is C27H37N7O7. The third-order valence-corrected chi connectivity index (χ3v) is 6.02. The zero-order valence-electron chi connectivity index (χ0n) is 22.4. The number of nitrogens with two attached hydrogens (primary N) is 3. The predicted molar refractivity (Wildman–Crippen MR) is 150 cm³/mol. The van der Waals surface area contributed by atoms with E-state index in [1.54, 1.807) is 30.3 Å². The van der Waals surface area contributed by atoms with Crippen molar-refractivity contribution < 1.29 is 34.5 Å². The second kappa shape index (κ2) is 16.4. The molecule has 14 nitrogen and oxygen atoms in total. The van der Waals surface area contributed by atoms with Gasteiger partial charge in [-0.1, -0.05) is 42.5 Å². The minimum Gasteiger partial charge on any atom is -0.508 e. The van der Waals surface area contributed by atoms with Crippen LogP contribution in [0.4, 0.5) is 0 Å². The lowest BCUT2D eigenvalue weighted by molar-refractivity contribution is -0.142. The summed E-state index contributed by atoms with van der Waals surface area (Å²) in [4.78, 5) is 54.9. The number of carbonyl (C=O) groups excluding carboxylic acids is 3. The molecule has 2 aromatic rings. The molecule has 3 amide bonds. The molecule has 0 fully saturated rings. The third-order valence-electron chi connectivity index (χ3n) is 6.02. The Morgan fingerprint density at radius 2 is 1.32 bits per heavy atom. The van der Waals surface area contributed by atoms with E-state index in [1.807, 2.05) is 0 Å². The van der Waals surface area contributed by atoms with Crippen LogP contribution in [-0.2, 0) is 32.0 Å². The number of nitrogens with zero attached hydrogens (tertiary/aromatic N) is 1. The maximum Gasteiger partial charge on any atom is 0.326 e. The van der Waals surface area contributed by atoms with Crippen LogP contribution >= 0.6 is 0 Å². The first kappa shape index (κ1) is 32.5. The van der Waals surface area contributed by atoms with Gasteiger partial charge in [-0.05, 0) is 36.1 Å². The smallest absolute Gasteiger partial charge is 0.326 e. The summed E-state index contributed by atoms with van der Waals surface area (Å²) in [5, 5.41) is 36.0. The molecule has 0 aliphatic rings. The number of phenolic OH excluding ortho intramolecular Hbond substituents is 1. The molecule has 0 saturated heterocycles. The number of hydrogen-bond acceptors (Lipinski definition) is 8. The van der Waals surface area contributed by atoms with E-state index in [4.69, 9.17) is 17.2 Å². The number of guanidine groups is 1. The summed E-state index contributed by atoms with van der Waals surface area (Å²) in [6.07, 6.45) is 0.276. The van der Waals surface area contributed by atoms with Crippen LogP contribution in [0.3, 0.4) is 0 Å². The number of carbonyl (C=O) groups is 4. The highest BCUT2D eigenvalue weighted by molar-refractivity contribution is 5.94. The van der Waals surface area contributed by atoms with Crippen LogP contribution in [-0.4, -0.2) is 82.3 Å². The molecular weight excluding hydrogens is 534 g/mol. The number of aliphatic hydroxyl groups is 1. The minimum absolute atomic E-state index is 0.00491. The van der Waals surface area contributed by atoms with Crippen molar-refractivity contribution in [3.8, 4) is 5.75 Å². The Balaban J connectivity index is 2.24. The first-order valence-corrected chi connectivity index (χ1v) is 12.9. The van der Waals surface area contributed by atoms with E-state index in [-0.39, 0.29) is 43.9 Å². The molecule has 222 valence electrons. The molecule has 0 saturated carbocycles. The van der Waals surface area contributed by atoms with Gasteiger partial charge in [0.15, 0.2) is 5.96 Å². The second-order valence-corrected chi connectivity index (χ2v) is 9.32. The molecule has 2 aromatic carbocycles. The van der Waals surface area contributed by atoms with Crippen LogP contribution in [0, 0.1) is 0 Å². The first-order valence-electron chi connectivity index (χ1n) is 12.9. The molecule has 4 atom stereocenters. The second-order valence-electron chi connectivity index (χ2n) is 9.32. The number of amides is 3. The number of aliphatic hydroxyl groups excluding tert-OH is 1. The van der Waals surface area contributed by atoms with Crippen LogP contribution in [0.25, 0.3) is 0 Å². The van der Waals surface area contributed by atoms with Gasteiger partial charge >= 0.3 is 5.97 Å². The maximum absolute atomic E-state index is 13.4. The molecule has 0 aliphatic heterocycles. The van der Waals surface area contributed by atoms with Crippen molar-refractivity contribution >= 4 is 29.7 Å². The Bertz CT molecular complexity index is 1190. The number of aliphatic carboxylic acids is 1. The third kappa shape index (κ3) is 11.5. The lowest BCUT2D eigenvalue weighted by Gasteiger charge is -2.25. The summed E-state index contributed by atoms with van der Waals surface area (Å²) in [6.45, 7) is -0.494. The Labute approximate surface area is 237 Å². The highest BCUT2D eigenvalue weighted by Crippen LogP contribution is 2.12. The van der Waals surface area contributed by atoms with E-state index < -0.39 is 54.5 Å². The van der Waals surface area contributed by atoms with E-state index in [0.717, 1.165) is 0 Å². The lowest BCUT2D eigenvalue weighted by Crippen LogP contribution is -2.58. The van der Waals surface area contributed by atoms with Gasteiger partial charge in [0, 0.05) is 19.4 Å². The Hall–Kier alpha value is -4.69. The summed E-state index contributed by atoms with van der Waals surface area (Å²) in [5.74, 6) is -3.71. The Morgan fingerprint density at radius 3 is 1.90 bits per heavy atom. The van der Waals surface area contributed by atoms with E-state index in [1.165, 1.54) is 24.3 Å². The Morgan fingerprint density at radius 1 is 0.780 bits per heavy atom. The van der Waals surface area contributed by atoms with Crippen LogP contribution in [0.1, 0.15) is 24.0 Å². The standard InChI is InChI=1S/C27H37N7O7/c28-19(15-35)23(37)33-21(13-16-5-2-1-3-6-16)25(39)32-20(7-4-12-31-27(29)30)24(38)34-22(26(40)41)14-17-8-10-18(36)11-9-17/h1-3,5-6,8-11,19-22,35-36H,4,7,12-15,28H2,(H,32,39)(H,33,37)(H,34,38)(H,40,41)(H4,29,30,31). The van der Waals surface area contributed by atoms with Gasteiger partial charge in [-0.3, -0.25) is 19.4 Å². The number of hydrogen-bond donors (Lipinski definition) is 9. The normalized spacial score (nSPS) is 13.6. The van der Waals surface area contributed by atoms with Crippen LogP contribution in [0.5, 0.6) is 5.75 Å². The molecule has 0 aliphatic carbocycles. The molecule has 0 radical (unpaired) electrons. The van der Waals surface area contributed by atoms with E-state index in [0.29, 0.717) is 11.1 Å². The molecule has 41 heavy (non-hydrogen) atoms. The summed E-state index contributed by atoms with van der Waals surface area (Å²) in [6, 6.07) is 9.66. The van der Waals surface area contributed by atoms with Gasteiger partial charge in [0.2, 0.25) is 17.7 Å². The van der Waals surface area contributed by atoms with Crippen LogP contribution < -0.4 is 33.2 Å². The number of carboxylic acids is 1. The Kier molecular flexibility index (Phi) is 13.0. The fourth-order valence-corrected chi connectivity index (χ4v) is 3.81. The number of rotatable bonds is 16. The number of aromatic hydroxyl groups is 1. The van der Waals surface area contributed by atoms with Crippen molar-refractivity contribution in [3.63, 3.8) is 0 Å². The number of phenols is 1. The molecule has 0 aromatic heterocycles. The number of aliphatic imine (C=N–C) groups is 1. The maximum atomic E-state index is 13.4. The van der Waals surface area contributed by atoms with Gasteiger partial charge < -0.3 is 48.5 Å². The molecule has 0 spiro atoms. The van der Waals surface area contributed by atoms with Crippen molar-refractivity contribution in [2.45, 2.75) is 49.9 Å². The molecule has 14 heteroatoms. The molecule has 12 N–H and O–H groups in total. The van der Waals surface area contributed by atoms with E-state index in [9.17, 15) is 34.5 Å². The summed E-state index contributed by atoms with van der Waals surface area (Å²) < 4.78 is 0.